The second-order valence-electron chi connectivity index (χ2n) is 5.99. The van der Waals surface area contributed by atoms with E-state index in [2.05, 4.69) is 10.00 Å². The maximum Gasteiger partial charge on any atom is 0.274 e. The SMILES string of the molecule is Cc1cc(C(=O)N2CCN(Cc3cccc(F)c3)CC2)nn1C. The molecule has 1 saturated heterocycles. The van der Waals surface area contributed by atoms with Gasteiger partial charge in [0.2, 0.25) is 0 Å². The van der Waals surface area contributed by atoms with Crippen molar-refractivity contribution in [3.63, 3.8) is 0 Å². The van der Waals surface area contributed by atoms with Gasteiger partial charge < -0.3 is 4.90 Å². The summed E-state index contributed by atoms with van der Waals surface area (Å²) in [5, 5.41) is 4.25. The van der Waals surface area contributed by atoms with Crippen LogP contribution in [0.15, 0.2) is 30.3 Å². The quantitative estimate of drug-likeness (QED) is 0.867. The molecule has 1 aliphatic heterocycles. The molecule has 0 bridgehead atoms. The maximum absolute atomic E-state index is 13.2. The van der Waals surface area contributed by atoms with E-state index < -0.39 is 0 Å². The average Bonchev–Trinajstić information content (AvgIpc) is 2.87. The molecule has 2 aromatic rings. The molecule has 0 unspecified atom stereocenters. The second-order valence-corrected chi connectivity index (χ2v) is 5.99. The lowest BCUT2D eigenvalue weighted by atomic mass is 10.2. The lowest BCUT2D eigenvalue weighted by Crippen LogP contribution is -2.48. The number of benzene rings is 1. The van der Waals surface area contributed by atoms with Crippen LogP contribution in [0.3, 0.4) is 0 Å². The number of nitrogens with zero attached hydrogens (tertiary/aromatic N) is 4. The van der Waals surface area contributed by atoms with Crippen molar-refractivity contribution in [1.29, 1.82) is 0 Å². The number of hydrogen-bond acceptors (Lipinski definition) is 3. The maximum atomic E-state index is 13.2. The molecule has 1 aromatic heterocycles. The zero-order chi connectivity index (χ0) is 16.4. The van der Waals surface area contributed by atoms with Crippen molar-refractivity contribution in [2.75, 3.05) is 26.2 Å². The largest absolute Gasteiger partial charge is 0.335 e. The molecule has 0 atom stereocenters. The minimum Gasteiger partial charge on any atom is -0.335 e. The van der Waals surface area contributed by atoms with E-state index in [1.54, 1.807) is 16.8 Å². The Balaban J connectivity index is 1.56. The first-order valence-corrected chi connectivity index (χ1v) is 7.79. The highest BCUT2D eigenvalue weighted by molar-refractivity contribution is 5.92. The molecule has 5 nitrogen and oxygen atoms in total. The molecule has 0 radical (unpaired) electrons. The first kappa shape index (κ1) is 15.7. The molecule has 23 heavy (non-hydrogen) atoms. The number of aryl methyl sites for hydroxylation is 2. The van der Waals surface area contributed by atoms with E-state index in [4.69, 9.17) is 0 Å². The molecule has 1 fully saturated rings. The number of carbonyl (C=O) groups excluding carboxylic acids is 1. The molecule has 0 saturated carbocycles. The van der Waals surface area contributed by atoms with E-state index in [0.717, 1.165) is 24.3 Å². The predicted octanol–water partition coefficient (Wildman–Crippen LogP) is 1.83. The molecule has 0 N–H and O–H groups in total. The van der Waals surface area contributed by atoms with Crippen LogP contribution in [0.4, 0.5) is 4.39 Å². The summed E-state index contributed by atoms with van der Waals surface area (Å²) in [7, 11) is 1.84. The van der Waals surface area contributed by atoms with Crippen LogP contribution >= 0.6 is 0 Å². The van der Waals surface area contributed by atoms with Gasteiger partial charge in [-0.15, -0.1) is 0 Å². The number of halogens is 1. The van der Waals surface area contributed by atoms with Gasteiger partial charge >= 0.3 is 0 Å². The molecule has 1 aromatic carbocycles. The first-order chi connectivity index (χ1) is 11.0. The predicted molar refractivity (Wildman–Crippen MR) is 85.5 cm³/mol. The summed E-state index contributed by atoms with van der Waals surface area (Å²) in [5.74, 6) is -0.221. The third kappa shape index (κ3) is 3.59. The lowest BCUT2D eigenvalue weighted by Gasteiger charge is -2.34. The Morgan fingerprint density at radius 1 is 1.22 bits per heavy atom. The zero-order valence-electron chi connectivity index (χ0n) is 13.5. The number of rotatable bonds is 3. The van der Waals surface area contributed by atoms with Crippen molar-refractivity contribution < 1.29 is 9.18 Å². The first-order valence-electron chi connectivity index (χ1n) is 7.79. The van der Waals surface area contributed by atoms with Crippen LogP contribution in [0, 0.1) is 12.7 Å². The van der Waals surface area contributed by atoms with Gasteiger partial charge in [-0.25, -0.2) is 4.39 Å². The van der Waals surface area contributed by atoms with Crippen molar-refractivity contribution >= 4 is 5.91 Å². The highest BCUT2D eigenvalue weighted by Crippen LogP contribution is 2.12. The third-order valence-electron chi connectivity index (χ3n) is 4.29. The molecular formula is C17H21FN4O. The van der Waals surface area contributed by atoms with Crippen LogP contribution < -0.4 is 0 Å². The van der Waals surface area contributed by atoms with Crippen LogP contribution in [0.25, 0.3) is 0 Å². The highest BCUT2D eigenvalue weighted by Gasteiger charge is 2.24. The lowest BCUT2D eigenvalue weighted by molar-refractivity contribution is 0.0622. The van der Waals surface area contributed by atoms with E-state index in [1.165, 1.54) is 6.07 Å². The molecule has 0 spiro atoms. The summed E-state index contributed by atoms with van der Waals surface area (Å²) in [6, 6.07) is 8.50. The molecule has 2 heterocycles. The fraction of sp³-hybridized carbons (Fsp3) is 0.412. The van der Waals surface area contributed by atoms with Crippen molar-refractivity contribution in [2.45, 2.75) is 13.5 Å². The summed E-state index contributed by atoms with van der Waals surface area (Å²) in [6.45, 7) is 5.55. The molecule has 1 aliphatic rings. The number of piperazine rings is 1. The summed E-state index contributed by atoms with van der Waals surface area (Å²) < 4.78 is 14.9. The van der Waals surface area contributed by atoms with Gasteiger partial charge in [-0.1, -0.05) is 12.1 Å². The van der Waals surface area contributed by atoms with E-state index >= 15 is 0 Å². The topological polar surface area (TPSA) is 41.4 Å². The van der Waals surface area contributed by atoms with Gasteiger partial charge in [0.25, 0.3) is 5.91 Å². The van der Waals surface area contributed by atoms with Crippen molar-refractivity contribution in [3.8, 4) is 0 Å². The van der Waals surface area contributed by atoms with E-state index in [0.29, 0.717) is 25.3 Å². The fourth-order valence-corrected chi connectivity index (χ4v) is 2.83. The van der Waals surface area contributed by atoms with Gasteiger partial charge in [-0.05, 0) is 30.7 Å². The van der Waals surface area contributed by atoms with Crippen molar-refractivity contribution in [3.05, 3.63) is 53.1 Å². The van der Waals surface area contributed by atoms with Crippen molar-refractivity contribution in [2.24, 2.45) is 7.05 Å². The minimum atomic E-state index is -0.207. The monoisotopic (exact) mass is 316 g/mol. The van der Waals surface area contributed by atoms with Crippen LogP contribution in [0.2, 0.25) is 0 Å². The van der Waals surface area contributed by atoms with Gasteiger partial charge in [0.1, 0.15) is 5.82 Å². The van der Waals surface area contributed by atoms with Crippen molar-refractivity contribution in [1.82, 2.24) is 19.6 Å². The standard InChI is InChI=1S/C17H21FN4O/c1-13-10-16(19-20(13)2)17(23)22-8-6-21(7-9-22)12-14-4-3-5-15(18)11-14/h3-5,10-11H,6-9,12H2,1-2H3. The van der Waals surface area contributed by atoms with Crippen LogP contribution in [0.5, 0.6) is 0 Å². The Hall–Kier alpha value is -2.21. The molecule has 6 heteroatoms. The average molecular weight is 316 g/mol. The van der Waals surface area contributed by atoms with Gasteiger partial charge in [0, 0.05) is 45.5 Å². The Morgan fingerprint density at radius 3 is 2.57 bits per heavy atom. The van der Waals surface area contributed by atoms with Gasteiger partial charge in [-0.2, -0.15) is 5.10 Å². The van der Waals surface area contributed by atoms with Crippen LogP contribution in [-0.4, -0.2) is 51.7 Å². The Kier molecular flexibility index (Phi) is 4.43. The summed E-state index contributed by atoms with van der Waals surface area (Å²) in [6.07, 6.45) is 0. The van der Waals surface area contributed by atoms with Crippen LogP contribution in [0.1, 0.15) is 21.7 Å². The van der Waals surface area contributed by atoms with E-state index in [-0.39, 0.29) is 11.7 Å². The van der Waals surface area contributed by atoms with Gasteiger partial charge in [0.15, 0.2) is 5.69 Å². The Labute approximate surface area is 135 Å². The van der Waals surface area contributed by atoms with Crippen LogP contribution in [-0.2, 0) is 13.6 Å². The fourth-order valence-electron chi connectivity index (χ4n) is 2.83. The zero-order valence-corrected chi connectivity index (χ0v) is 13.5. The molecular weight excluding hydrogens is 295 g/mol. The highest BCUT2D eigenvalue weighted by atomic mass is 19.1. The minimum absolute atomic E-state index is 0.0147. The summed E-state index contributed by atoms with van der Waals surface area (Å²) >= 11 is 0. The molecule has 0 aliphatic carbocycles. The number of hydrogen-bond donors (Lipinski definition) is 0. The normalized spacial score (nSPS) is 15.9. The molecule has 1 amide bonds. The number of carbonyl (C=O) groups is 1. The second kappa shape index (κ2) is 6.50. The third-order valence-corrected chi connectivity index (χ3v) is 4.29. The smallest absolute Gasteiger partial charge is 0.274 e. The summed E-state index contributed by atoms with van der Waals surface area (Å²) in [4.78, 5) is 16.5. The molecule has 122 valence electrons. The molecule has 3 rings (SSSR count). The van der Waals surface area contributed by atoms with E-state index in [1.807, 2.05) is 31.0 Å². The Bertz CT molecular complexity index is 685. The number of amides is 1. The Morgan fingerprint density at radius 2 is 1.96 bits per heavy atom. The number of aromatic nitrogens is 2. The van der Waals surface area contributed by atoms with Gasteiger partial charge in [0.05, 0.1) is 0 Å². The van der Waals surface area contributed by atoms with E-state index in [9.17, 15) is 9.18 Å². The summed E-state index contributed by atoms with van der Waals surface area (Å²) in [5.41, 5.74) is 2.44. The van der Waals surface area contributed by atoms with Gasteiger partial charge in [-0.3, -0.25) is 14.4 Å².